The molecule has 1 aromatic rings. The highest BCUT2D eigenvalue weighted by Gasteiger charge is 2.09. The summed E-state index contributed by atoms with van der Waals surface area (Å²) in [6.45, 7) is 7.10. The number of hydrogen-bond acceptors (Lipinski definition) is 1. The Hall–Kier alpha value is -1.25. The second-order valence-corrected chi connectivity index (χ2v) is 4.69. The summed E-state index contributed by atoms with van der Waals surface area (Å²) in [7, 11) is 2.04. The zero-order valence-corrected chi connectivity index (χ0v) is 11.5. The lowest BCUT2D eigenvalue weighted by molar-refractivity contribution is -0.120. The van der Waals surface area contributed by atoms with Gasteiger partial charge in [-0.15, -0.1) is 0 Å². The number of unbranched alkanes of at least 4 members (excludes halogenated alkanes) is 2. The zero-order valence-electron chi connectivity index (χ0n) is 11.5. The summed E-state index contributed by atoms with van der Waals surface area (Å²) in [5.41, 5.74) is 3.53. The highest BCUT2D eigenvalue weighted by atomic mass is 16.1. The van der Waals surface area contributed by atoms with E-state index >= 15 is 0 Å². The fourth-order valence-corrected chi connectivity index (χ4v) is 1.95. The van der Waals surface area contributed by atoms with Crippen molar-refractivity contribution in [3.8, 4) is 0 Å². The van der Waals surface area contributed by atoms with Crippen molar-refractivity contribution in [2.75, 3.05) is 6.54 Å². The van der Waals surface area contributed by atoms with Crippen LogP contribution in [0.25, 0.3) is 0 Å². The minimum absolute atomic E-state index is 0.134. The molecule has 0 fully saturated rings. The first-order valence-electron chi connectivity index (χ1n) is 6.44. The van der Waals surface area contributed by atoms with Crippen LogP contribution in [0.15, 0.2) is 6.07 Å². The number of carbonyl (C=O) groups excluding carboxylic acids is 1. The molecule has 0 saturated heterocycles. The monoisotopic (exact) mass is 236 g/mol. The third-order valence-electron chi connectivity index (χ3n) is 3.33. The number of rotatable bonds is 6. The molecule has 0 aliphatic carbocycles. The highest BCUT2D eigenvalue weighted by Crippen LogP contribution is 2.13. The first-order valence-corrected chi connectivity index (χ1v) is 6.44. The molecule has 1 N–H and O–H groups in total. The zero-order chi connectivity index (χ0) is 12.8. The maximum absolute atomic E-state index is 11.7. The number of nitrogens with one attached hydrogen (secondary N) is 1. The van der Waals surface area contributed by atoms with Gasteiger partial charge in [-0.2, -0.15) is 0 Å². The van der Waals surface area contributed by atoms with E-state index in [0.29, 0.717) is 6.42 Å². The SMILES string of the molecule is CCCCCNC(=O)Cc1cc(C)n(C)c1C. The molecule has 0 aliphatic rings. The predicted molar refractivity (Wildman–Crippen MR) is 71.1 cm³/mol. The van der Waals surface area contributed by atoms with Gasteiger partial charge in [0.1, 0.15) is 0 Å². The molecule has 0 unspecified atom stereocenters. The minimum atomic E-state index is 0.134. The van der Waals surface area contributed by atoms with Gasteiger partial charge in [0.05, 0.1) is 6.42 Å². The van der Waals surface area contributed by atoms with Gasteiger partial charge in [-0.25, -0.2) is 0 Å². The van der Waals surface area contributed by atoms with Crippen LogP contribution in [0.1, 0.15) is 43.1 Å². The van der Waals surface area contributed by atoms with Crippen molar-refractivity contribution in [2.24, 2.45) is 7.05 Å². The Labute approximate surface area is 104 Å². The minimum Gasteiger partial charge on any atom is -0.356 e. The number of hydrogen-bond donors (Lipinski definition) is 1. The van der Waals surface area contributed by atoms with E-state index in [-0.39, 0.29) is 5.91 Å². The van der Waals surface area contributed by atoms with Crippen LogP contribution in [0.5, 0.6) is 0 Å². The number of carbonyl (C=O) groups is 1. The quantitative estimate of drug-likeness (QED) is 0.757. The summed E-state index contributed by atoms with van der Waals surface area (Å²) in [5.74, 6) is 0.134. The summed E-state index contributed by atoms with van der Waals surface area (Å²) < 4.78 is 2.12. The van der Waals surface area contributed by atoms with E-state index in [1.807, 2.05) is 7.05 Å². The van der Waals surface area contributed by atoms with Crippen molar-refractivity contribution in [1.29, 1.82) is 0 Å². The molecule has 0 aromatic carbocycles. The van der Waals surface area contributed by atoms with Crippen LogP contribution < -0.4 is 5.32 Å². The van der Waals surface area contributed by atoms with E-state index < -0.39 is 0 Å². The second-order valence-electron chi connectivity index (χ2n) is 4.69. The molecule has 1 rings (SSSR count). The maximum Gasteiger partial charge on any atom is 0.224 e. The van der Waals surface area contributed by atoms with Gasteiger partial charge in [-0.05, 0) is 31.9 Å². The fourth-order valence-electron chi connectivity index (χ4n) is 1.95. The molecule has 0 radical (unpaired) electrons. The fraction of sp³-hybridized carbons (Fsp3) is 0.643. The maximum atomic E-state index is 11.7. The van der Waals surface area contributed by atoms with Gasteiger partial charge in [-0.3, -0.25) is 4.79 Å². The van der Waals surface area contributed by atoms with Gasteiger partial charge in [-0.1, -0.05) is 19.8 Å². The van der Waals surface area contributed by atoms with Crippen LogP contribution in [0.3, 0.4) is 0 Å². The Kier molecular flexibility index (Phi) is 5.26. The van der Waals surface area contributed by atoms with E-state index in [4.69, 9.17) is 0 Å². The Balaban J connectivity index is 2.42. The van der Waals surface area contributed by atoms with Gasteiger partial charge in [0, 0.05) is 25.0 Å². The Morgan fingerprint density at radius 3 is 2.59 bits per heavy atom. The van der Waals surface area contributed by atoms with E-state index in [1.54, 1.807) is 0 Å². The molecule has 0 saturated carbocycles. The van der Waals surface area contributed by atoms with Crippen LogP contribution in [0.2, 0.25) is 0 Å². The van der Waals surface area contributed by atoms with Crippen molar-refractivity contribution in [2.45, 2.75) is 46.5 Å². The topological polar surface area (TPSA) is 34.0 Å². The lowest BCUT2D eigenvalue weighted by Gasteiger charge is -2.05. The number of amides is 1. The molecule has 0 bridgehead atoms. The first-order chi connectivity index (χ1) is 8.06. The Bertz CT molecular complexity index is 380. The van der Waals surface area contributed by atoms with Crippen molar-refractivity contribution in [3.63, 3.8) is 0 Å². The molecular weight excluding hydrogens is 212 g/mol. The third-order valence-corrected chi connectivity index (χ3v) is 3.33. The second kappa shape index (κ2) is 6.48. The lowest BCUT2D eigenvalue weighted by atomic mass is 10.1. The number of aryl methyl sites for hydroxylation is 1. The molecule has 96 valence electrons. The smallest absolute Gasteiger partial charge is 0.224 e. The number of aromatic nitrogens is 1. The van der Waals surface area contributed by atoms with Crippen LogP contribution in [0, 0.1) is 13.8 Å². The van der Waals surface area contributed by atoms with Gasteiger partial charge in [0.15, 0.2) is 0 Å². The molecule has 1 aromatic heterocycles. The Morgan fingerprint density at radius 1 is 1.35 bits per heavy atom. The van der Waals surface area contributed by atoms with Gasteiger partial charge < -0.3 is 9.88 Å². The molecule has 0 atom stereocenters. The molecule has 1 heterocycles. The standard InChI is InChI=1S/C14H24N2O/c1-5-6-7-8-15-14(17)10-13-9-11(2)16(4)12(13)3/h9H,5-8,10H2,1-4H3,(H,15,17). The van der Waals surface area contributed by atoms with E-state index in [9.17, 15) is 4.79 Å². The van der Waals surface area contributed by atoms with Crippen LogP contribution in [-0.2, 0) is 18.3 Å². The first kappa shape index (κ1) is 13.8. The molecule has 3 nitrogen and oxygen atoms in total. The average molecular weight is 236 g/mol. The van der Waals surface area contributed by atoms with Crippen LogP contribution in [-0.4, -0.2) is 17.0 Å². The van der Waals surface area contributed by atoms with E-state index in [0.717, 1.165) is 18.5 Å². The third kappa shape index (κ3) is 3.91. The van der Waals surface area contributed by atoms with Crippen molar-refractivity contribution in [1.82, 2.24) is 9.88 Å². The normalized spacial score (nSPS) is 10.6. The summed E-state index contributed by atoms with van der Waals surface area (Å²) in [5, 5.41) is 2.97. The van der Waals surface area contributed by atoms with Crippen molar-refractivity contribution >= 4 is 5.91 Å². The molecular formula is C14H24N2O. The van der Waals surface area contributed by atoms with Gasteiger partial charge in [0.25, 0.3) is 0 Å². The summed E-state index contributed by atoms with van der Waals surface area (Å²) >= 11 is 0. The van der Waals surface area contributed by atoms with Crippen molar-refractivity contribution < 1.29 is 4.79 Å². The molecule has 17 heavy (non-hydrogen) atoms. The summed E-state index contributed by atoms with van der Waals surface area (Å²) in [6.07, 6.45) is 3.95. The molecule has 0 aliphatic heterocycles. The molecule has 1 amide bonds. The average Bonchev–Trinajstić information content (AvgIpc) is 2.53. The Morgan fingerprint density at radius 2 is 2.06 bits per heavy atom. The number of nitrogens with zero attached hydrogens (tertiary/aromatic N) is 1. The largest absolute Gasteiger partial charge is 0.356 e. The summed E-state index contributed by atoms with van der Waals surface area (Å²) in [4.78, 5) is 11.7. The predicted octanol–water partition coefficient (Wildman–Crippen LogP) is 2.49. The van der Waals surface area contributed by atoms with Gasteiger partial charge >= 0.3 is 0 Å². The van der Waals surface area contributed by atoms with E-state index in [1.165, 1.54) is 24.2 Å². The lowest BCUT2D eigenvalue weighted by Crippen LogP contribution is -2.26. The van der Waals surface area contributed by atoms with Crippen LogP contribution >= 0.6 is 0 Å². The molecule has 3 heteroatoms. The highest BCUT2D eigenvalue weighted by molar-refractivity contribution is 5.78. The van der Waals surface area contributed by atoms with Crippen molar-refractivity contribution in [3.05, 3.63) is 23.0 Å². The van der Waals surface area contributed by atoms with Crippen LogP contribution in [0.4, 0.5) is 0 Å². The molecule has 0 spiro atoms. The summed E-state index contributed by atoms with van der Waals surface area (Å²) in [6, 6.07) is 2.10. The van der Waals surface area contributed by atoms with Gasteiger partial charge in [0.2, 0.25) is 5.91 Å². The van der Waals surface area contributed by atoms with E-state index in [2.05, 4.69) is 36.7 Å².